The lowest BCUT2D eigenvalue weighted by Gasteiger charge is -2.01. The Morgan fingerprint density at radius 3 is 2.85 bits per heavy atom. The van der Waals surface area contributed by atoms with E-state index in [4.69, 9.17) is 5.26 Å². The fraction of sp³-hybridized carbons (Fsp3) is 0.200. The maximum absolute atomic E-state index is 11.3. The zero-order chi connectivity index (χ0) is 9.42. The monoisotopic (exact) mass is 283 g/mol. The molecule has 3 heteroatoms. The van der Waals surface area contributed by atoms with Crippen molar-refractivity contribution in [3.8, 4) is 6.07 Å². The first-order valence-electron chi connectivity index (χ1n) is 3.98. The topological polar surface area (TPSA) is 40.9 Å². The number of carbonyl (C=O) groups excluding carboxylic acids is 1. The lowest BCUT2D eigenvalue weighted by molar-refractivity contribution is 0.0994. The molecule has 0 N–H and O–H groups in total. The maximum Gasteiger partial charge on any atom is 0.163 e. The van der Waals surface area contributed by atoms with Crippen molar-refractivity contribution in [2.45, 2.75) is 12.8 Å². The highest BCUT2D eigenvalue weighted by Crippen LogP contribution is 2.28. The van der Waals surface area contributed by atoms with E-state index >= 15 is 0 Å². The van der Waals surface area contributed by atoms with Crippen LogP contribution in [0.25, 0.3) is 0 Å². The summed E-state index contributed by atoms with van der Waals surface area (Å²) in [6, 6.07) is 5.62. The fourth-order valence-electron chi connectivity index (χ4n) is 1.59. The molecule has 13 heavy (non-hydrogen) atoms. The van der Waals surface area contributed by atoms with Gasteiger partial charge in [-0.2, -0.15) is 5.26 Å². The average Bonchev–Trinajstić information content (AvgIpc) is 2.50. The average molecular weight is 283 g/mol. The van der Waals surface area contributed by atoms with Crippen molar-refractivity contribution in [3.63, 3.8) is 0 Å². The van der Waals surface area contributed by atoms with E-state index < -0.39 is 0 Å². The second kappa shape index (κ2) is 3.11. The number of Topliss-reactive ketones (excluding diaryl/α,β-unsaturated/α-hetero) is 1. The summed E-state index contributed by atoms with van der Waals surface area (Å²) in [4.78, 5) is 11.3. The lowest BCUT2D eigenvalue weighted by atomic mass is 10.1. The van der Waals surface area contributed by atoms with Gasteiger partial charge in [-0.25, -0.2) is 0 Å². The summed E-state index contributed by atoms with van der Waals surface area (Å²) >= 11 is 2.14. The largest absolute Gasteiger partial charge is 0.294 e. The molecule has 0 bridgehead atoms. The molecule has 0 heterocycles. The molecule has 0 unspecified atom stereocenters. The Balaban J connectivity index is 2.68. The third-order valence-corrected chi connectivity index (χ3v) is 3.50. The van der Waals surface area contributed by atoms with Crippen LogP contribution in [0.2, 0.25) is 0 Å². The normalized spacial score (nSPS) is 14.0. The summed E-state index contributed by atoms with van der Waals surface area (Å²) in [5, 5.41) is 8.78. The molecule has 0 atom stereocenters. The molecular weight excluding hydrogens is 277 g/mol. The number of halogens is 1. The quantitative estimate of drug-likeness (QED) is 0.685. The van der Waals surface area contributed by atoms with Crippen molar-refractivity contribution in [3.05, 3.63) is 32.4 Å². The van der Waals surface area contributed by atoms with E-state index in [-0.39, 0.29) is 5.78 Å². The molecule has 1 aromatic rings. The summed E-state index contributed by atoms with van der Waals surface area (Å²) in [5.74, 6) is 0.206. The van der Waals surface area contributed by atoms with Gasteiger partial charge in [-0.05, 0) is 46.7 Å². The third-order valence-electron chi connectivity index (χ3n) is 2.27. The van der Waals surface area contributed by atoms with Gasteiger partial charge in [0.05, 0.1) is 5.56 Å². The zero-order valence-corrected chi connectivity index (χ0v) is 8.96. The predicted octanol–water partition coefficient (Wildman–Crippen LogP) is 2.29. The van der Waals surface area contributed by atoms with Gasteiger partial charge >= 0.3 is 0 Å². The van der Waals surface area contributed by atoms with Crippen LogP contribution in [-0.2, 0) is 6.42 Å². The molecule has 0 amide bonds. The second-order valence-electron chi connectivity index (χ2n) is 2.99. The van der Waals surface area contributed by atoms with E-state index in [9.17, 15) is 4.79 Å². The van der Waals surface area contributed by atoms with Crippen LogP contribution >= 0.6 is 22.6 Å². The van der Waals surface area contributed by atoms with Crippen LogP contribution in [0, 0.1) is 14.9 Å². The molecule has 0 radical (unpaired) electrons. The number of nitriles is 1. The highest BCUT2D eigenvalue weighted by Gasteiger charge is 2.22. The minimum absolute atomic E-state index is 0.206. The Kier molecular flexibility index (Phi) is 2.08. The number of nitrogens with zero attached hydrogens (tertiary/aromatic N) is 1. The third kappa shape index (κ3) is 1.25. The van der Waals surface area contributed by atoms with Gasteiger partial charge in [-0.1, -0.05) is 0 Å². The van der Waals surface area contributed by atoms with E-state index in [0.717, 1.165) is 21.1 Å². The van der Waals surface area contributed by atoms with Crippen LogP contribution in [0.3, 0.4) is 0 Å². The molecule has 0 aromatic heterocycles. The number of hydrogen-bond donors (Lipinski definition) is 0. The first kappa shape index (κ1) is 8.70. The Bertz CT molecular complexity index is 431. The van der Waals surface area contributed by atoms with Gasteiger partial charge in [0.1, 0.15) is 6.07 Å². The standard InChI is InChI=1S/C10H6INO/c11-10-6(5-12)1-2-7-8(10)3-4-9(7)13/h1-2H,3-4H2. The second-order valence-corrected chi connectivity index (χ2v) is 4.07. The highest BCUT2D eigenvalue weighted by molar-refractivity contribution is 14.1. The van der Waals surface area contributed by atoms with Gasteiger partial charge in [0.15, 0.2) is 5.78 Å². The summed E-state index contributed by atoms with van der Waals surface area (Å²) < 4.78 is 0.948. The highest BCUT2D eigenvalue weighted by atomic mass is 127. The van der Waals surface area contributed by atoms with Crippen molar-refractivity contribution < 1.29 is 4.79 Å². The number of hydrogen-bond acceptors (Lipinski definition) is 2. The molecular formula is C10H6INO. The Labute approximate surface area is 89.7 Å². The molecule has 64 valence electrons. The summed E-state index contributed by atoms with van der Waals surface area (Å²) in [6.45, 7) is 0. The minimum atomic E-state index is 0.206. The molecule has 2 nitrogen and oxygen atoms in total. The van der Waals surface area contributed by atoms with E-state index in [1.165, 1.54) is 0 Å². The smallest absolute Gasteiger partial charge is 0.163 e. The van der Waals surface area contributed by atoms with Crippen LogP contribution in [-0.4, -0.2) is 5.78 Å². The Hall–Kier alpha value is -0.890. The number of fused-ring (bicyclic) bond motifs is 1. The number of benzene rings is 1. The van der Waals surface area contributed by atoms with Crippen molar-refractivity contribution >= 4 is 28.4 Å². The maximum atomic E-state index is 11.3. The van der Waals surface area contributed by atoms with Crippen LogP contribution in [0.4, 0.5) is 0 Å². The van der Waals surface area contributed by atoms with Crippen molar-refractivity contribution in [2.24, 2.45) is 0 Å². The van der Waals surface area contributed by atoms with Crippen LogP contribution in [0.15, 0.2) is 12.1 Å². The SMILES string of the molecule is N#Cc1ccc2c(c1I)CCC2=O. The van der Waals surface area contributed by atoms with Crippen molar-refractivity contribution in [2.75, 3.05) is 0 Å². The molecule has 1 aliphatic carbocycles. The van der Waals surface area contributed by atoms with Gasteiger partial charge in [0, 0.05) is 15.6 Å². The van der Waals surface area contributed by atoms with Crippen molar-refractivity contribution in [1.29, 1.82) is 5.26 Å². The molecule has 0 saturated carbocycles. The first-order chi connectivity index (χ1) is 6.24. The van der Waals surface area contributed by atoms with E-state index in [1.54, 1.807) is 12.1 Å². The molecule has 2 rings (SSSR count). The van der Waals surface area contributed by atoms with Crippen molar-refractivity contribution in [1.82, 2.24) is 0 Å². The number of rotatable bonds is 0. The molecule has 0 aliphatic heterocycles. The number of ketones is 1. The lowest BCUT2D eigenvalue weighted by Crippen LogP contribution is -1.94. The summed E-state index contributed by atoms with van der Waals surface area (Å²) in [6.07, 6.45) is 1.39. The zero-order valence-electron chi connectivity index (χ0n) is 6.80. The van der Waals surface area contributed by atoms with Gasteiger partial charge in [-0.3, -0.25) is 4.79 Å². The van der Waals surface area contributed by atoms with E-state index in [1.807, 2.05) is 0 Å². The van der Waals surface area contributed by atoms with Crippen LogP contribution < -0.4 is 0 Å². The molecule has 0 fully saturated rings. The fourth-order valence-corrected chi connectivity index (χ4v) is 2.45. The van der Waals surface area contributed by atoms with Gasteiger partial charge in [0.25, 0.3) is 0 Å². The summed E-state index contributed by atoms with van der Waals surface area (Å²) in [7, 11) is 0. The molecule has 1 aliphatic rings. The minimum Gasteiger partial charge on any atom is -0.294 e. The molecule has 0 saturated heterocycles. The first-order valence-corrected chi connectivity index (χ1v) is 5.06. The van der Waals surface area contributed by atoms with Crippen LogP contribution in [0.5, 0.6) is 0 Å². The van der Waals surface area contributed by atoms with E-state index in [0.29, 0.717) is 12.0 Å². The van der Waals surface area contributed by atoms with Gasteiger partial charge in [-0.15, -0.1) is 0 Å². The van der Waals surface area contributed by atoms with Gasteiger partial charge < -0.3 is 0 Å². The Morgan fingerprint density at radius 2 is 2.15 bits per heavy atom. The van der Waals surface area contributed by atoms with Gasteiger partial charge in [0.2, 0.25) is 0 Å². The molecule has 0 spiro atoms. The Morgan fingerprint density at radius 1 is 1.38 bits per heavy atom. The van der Waals surface area contributed by atoms with Crippen LogP contribution in [0.1, 0.15) is 27.9 Å². The predicted molar refractivity (Wildman–Crippen MR) is 56.5 cm³/mol. The summed E-state index contributed by atoms with van der Waals surface area (Å²) in [5.41, 5.74) is 2.54. The van der Waals surface area contributed by atoms with E-state index in [2.05, 4.69) is 28.7 Å². The number of carbonyl (C=O) groups is 1. The molecule has 1 aromatic carbocycles.